The molecule has 0 N–H and O–H groups in total. The molecule has 2 rings (SSSR count). The van der Waals surface area contributed by atoms with Gasteiger partial charge in [0.25, 0.3) is 0 Å². The van der Waals surface area contributed by atoms with Gasteiger partial charge in [-0.1, -0.05) is 37.6 Å². The molecule has 0 aliphatic carbocycles. The molecule has 1 aliphatic rings. The van der Waals surface area contributed by atoms with Gasteiger partial charge in [0.2, 0.25) is 0 Å². The monoisotopic (exact) mass is 250 g/mol. The normalized spacial score (nSPS) is 18.8. The average Bonchev–Trinajstić information content (AvgIpc) is 2.80. The molecule has 0 amide bonds. The van der Waals surface area contributed by atoms with Crippen molar-refractivity contribution >= 4 is 17.3 Å². The van der Waals surface area contributed by atoms with E-state index in [-0.39, 0.29) is 6.17 Å². The first-order chi connectivity index (χ1) is 8.26. The van der Waals surface area contributed by atoms with E-state index in [0.29, 0.717) is 5.02 Å². The van der Waals surface area contributed by atoms with Crippen LogP contribution in [-0.4, -0.2) is 29.9 Å². The van der Waals surface area contributed by atoms with Crippen molar-refractivity contribution in [2.75, 3.05) is 13.1 Å². The van der Waals surface area contributed by atoms with E-state index >= 15 is 0 Å². The third kappa shape index (κ3) is 2.53. The van der Waals surface area contributed by atoms with Gasteiger partial charge >= 0.3 is 0 Å². The van der Waals surface area contributed by atoms with Gasteiger partial charge in [-0.05, 0) is 30.4 Å². The van der Waals surface area contributed by atoms with Gasteiger partial charge in [0.15, 0.2) is 6.17 Å². The average molecular weight is 251 g/mol. The van der Waals surface area contributed by atoms with Crippen molar-refractivity contribution in [2.45, 2.75) is 20.0 Å². The van der Waals surface area contributed by atoms with E-state index in [9.17, 15) is 0 Å². The fraction of sp³-hybridized carbons (Fsp3) is 0.417. The maximum absolute atomic E-state index is 5.99. The molecule has 1 unspecified atom stereocenters. The van der Waals surface area contributed by atoms with Crippen LogP contribution >= 0.6 is 11.6 Å². The lowest BCUT2D eigenvalue weighted by molar-refractivity contribution is 0.272. The second kappa shape index (κ2) is 5.38. The second-order valence-electron chi connectivity index (χ2n) is 3.80. The molecule has 0 radical (unpaired) electrons. The molecule has 90 valence electrons. The Hall–Kier alpha value is -1.26. The molecule has 0 saturated heterocycles. The maximum atomic E-state index is 5.99. The van der Waals surface area contributed by atoms with Crippen LogP contribution in [0.1, 0.15) is 19.4 Å². The first-order valence-corrected chi connectivity index (χ1v) is 6.11. The summed E-state index contributed by atoms with van der Waals surface area (Å²) in [5.74, 6) is 0. The molecule has 1 aromatic carbocycles. The summed E-state index contributed by atoms with van der Waals surface area (Å²) in [6.07, 6.45) is -0.0801. The van der Waals surface area contributed by atoms with Crippen LogP contribution in [0, 0.1) is 0 Å². The Bertz CT molecular complexity index is 452. The minimum atomic E-state index is -0.0801. The van der Waals surface area contributed by atoms with Crippen LogP contribution in [0.15, 0.2) is 39.7 Å². The zero-order valence-corrected chi connectivity index (χ0v) is 10.7. The standard InChI is InChI=1S/C12H15ClN4/c1-3-17(4-2)12-11(14-16-15-12)9-6-5-7-10(13)8-9/h5-8,12H,3-4H2,1-2H3. The molecule has 17 heavy (non-hydrogen) atoms. The van der Waals surface area contributed by atoms with Crippen molar-refractivity contribution in [3.05, 3.63) is 34.9 Å². The van der Waals surface area contributed by atoms with E-state index in [4.69, 9.17) is 11.6 Å². The van der Waals surface area contributed by atoms with Crippen molar-refractivity contribution < 1.29 is 0 Å². The first kappa shape index (κ1) is 12.2. The molecule has 0 bridgehead atoms. The largest absolute Gasteiger partial charge is 0.276 e. The molecular formula is C12H15ClN4. The topological polar surface area (TPSA) is 40.3 Å². The zero-order valence-electron chi connectivity index (χ0n) is 9.97. The van der Waals surface area contributed by atoms with Crippen LogP contribution in [0.3, 0.4) is 0 Å². The van der Waals surface area contributed by atoms with Crippen LogP contribution in [-0.2, 0) is 0 Å². The van der Waals surface area contributed by atoms with Gasteiger partial charge in [-0.3, -0.25) is 4.90 Å². The first-order valence-electron chi connectivity index (χ1n) is 5.74. The van der Waals surface area contributed by atoms with Gasteiger partial charge < -0.3 is 0 Å². The van der Waals surface area contributed by atoms with Gasteiger partial charge in [-0.25, -0.2) is 0 Å². The van der Waals surface area contributed by atoms with Gasteiger partial charge in [-0.15, -0.1) is 10.2 Å². The second-order valence-corrected chi connectivity index (χ2v) is 4.23. The van der Waals surface area contributed by atoms with E-state index in [1.165, 1.54) is 0 Å². The van der Waals surface area contributed by atoms with Gasteiger partial charge in [-0.2, -0.15) is 0 Å². The Kier molecular flexibility index (Phi) is 3.86. The molecule has 0 spiro atoms. The lowest BCUT2D eigenvalue weighted by Crippen LogP contribution is -2.38. The fourth-order valence-corrected chi connectivity index (χ4v) is 2.09. The number of halogens is 1. The number of benzene rings is 1. The summed E-state index contributed by atoms with van der Waals surface area (Å²) < 4.78 is 0. The Morgan fingerprint density at radius 1 is 1.29 bits per heavy atom. The van der Waals surface area contributed by atoms with E-state index < -0.39 is 0 Å². The number of hydrogen-bond acceptors (Lipinski definition) is 4. The summed E-state index contributed by atoms with van der Waals surface area (Å²) in [6, 6.07) is 7.64. The Morgan fingerprint density at radius 3 is 2.71 bits per heavy atom. The number of hydrogen-bond donors (Lipinski definition) is 0. The number of nitrogens with zero attached hydrogens (tertiary/aromatic N) is 4. The third-order valence-electron chi connectivity index (χ3n) is 2.84. The van der Waals surface area contributed by atoms with E-state index in [2.05, 4.69) is 34.2 Å². The Balaban J connectivity index is 2.27. The van der Waals surface area contributed by atoms with Crippen molar-refractivity contribution in [3.63, 3.8) is 0 Å². The number of rotatable bonds is 4. The van der Waals surface area contributed by atoms with Crippen LogP contribution in [0.25, 0.3) is 0 Å². The summed E-state index contributed by atoms with van der Waals surface area (Å²) in [4.78, 5) is 2.20. The molecule has 0 fully saturated rings. The third-order valence-corrected chi connectivity index (χ3v) is 3.07. The molecule has 1 aromatic rings. The van der Waals surface area contributed by atoms with Gasteiger partial charge in [0.05, 0.1) is 0 Å². The molecule has 0 aromatic heterocycles. The smallest absolute Gasteiger partial charge is 0.170 e. The highest BCUT2D eigenvalue weighted by molar-refractivity contribution is 6.31. The molecule has 4 nitrogen and oxygen atoms in total. The predicted molar refractivity (Wildman–Crippen MR) is 69.6 cm³/mol. The summed E-state index contributed by atoms with van der Waals surface area (Å²) >= 11 is 5.99. The van der Waals surface area contributed by atoms with Crippen molar-refractivity contribution in [2.24, 2.45) is 15.4 Å². The van der Waals surface area contributed by atoms with E-state index in [1.807, 2.05) is 24.3 Å². The highest BCUT2D eigenvalue weighted by Crippen LogP contribution is 2.19. The molecule has 0 saturated carbocycles. The van der Waals surface area contributed by atoms with Crippen LogP contribution in [0.4, 0.5) is 0 Å². The molecular weight excluding hydrogens is 236 g/mol. The summed E-state index contributed by atoms with van der Waals surface area (Å²) in [5.41, 5.74) is 1.86. The summed E-state index contributed by atoms with van der Waals surface area (Å²) in [6.45, 7) is 6.04. The van der Waals surface area contributed by atoms with Crippen LogP contribution in [0.2, 0.25) is 5.02 Å². The fourth-order valence-electron chi connectivity index (χ4n) is 1.90. The quantitative estimate of drug-likeness (QED) is 0.809. The lowest BCUT2D eigenvalue weighted by Gasteiger charge is -2.23. The summed E-state index contributed by atoms with van der Waals surface area (Å²) in [5, 5.41) is 12.8. The van der Waals surface area contributed by atoms with Crippen molar-refractivity contribution in [3.8, 4) is 0 Å². The SMILES string of the molecule is CCN(CC)C1N=NN=C1c1cccc(Cl)c1. The highest BCUT2D eigenvalue weighted by atomic mass is 35.5. The number of likely N-dealkylation sites (N-methyl/N-ethyl adjacent to an activating group) is 1. The molecule has 5 heteroatoms. The molecule has 1 aliphatic heterocycles. The maximum Gasteiger partial charge on any atom is 0.170 e. The minimum absolute atomic E-state index is 0.0801. The van der Waals surface area contributed by atoms with E-state index in [0.717, 1.165) is 24.4 Å². The van der Waals surface area contributed by atoms with Gasteiger partial charge in [0, 0.05) is 10.6 Å². The highest BCUT2D eigenvalue weighted by Gasteiger charge is 2.26. The minimum Gasteiger partial charge on any atom is -0.276 e. The Labute approximate surface area is 106 Å². The summed E-state index contributed by atoms with van der Waals surface area (Å²) in [7, 11) is 0. The predicted octanol–water partition coefficient (Wildman–Crippen LogP) is 3.18. The molecule has 1 heterocycles. The van der Waals surface area contributed by atoms with Crippen molar-refractivity contribution in [1.82, 2.24) is 4.90 Å². The van der Waals surface area contributed by atoms with Crippen molar-refractivity contribution in [1.29, 1.82) is 0 Å². The van der Waals surface area contributed by atoms with E-state index in [1.54, 1.807) is 0 Å². The zero-order chi connectivity index (χ0) is 12.3. The molecule has 1 atom stereocenters. The van der Waals surface area contributed by atoms with Gasteiger partial charge in [0.1, 0.15) is 5.71 Å². The van der Waals surface area contributed by atoms with Crippen LogP contribution < -0.4 is 0 Å². The van der Waals surface area contributed by atoms with Crippen LogP contribution in [0.5, 0.6) is 0 Å². The Morgan fingerprint density at radius 2 is 2.06 bits per heavy atom. The lowest BCUT2D eigenvalue weighted by atomic mass is 10.1.